The number of aliphatic hydroxyl groups excluding tert-OH is 1. The van der Waals surface area contributed by atoms with Gasteiger partial charge in [0, 0.05) is 5.92 Å². The summed E-state index contributed by atoms with van der Waals surface area (Å²) in [5.41, 5.74) is -3.86. The molecule has 4 rings (SSSR count). The largest absolute Gasteiger partial charge is 0.469 e. The quantitative estimate of drug-likeness (QED) is 0.271. The molecule has 232 valence electrons. The Bertz CT molecular complexity index is 1120. The van der Waals surface area contributed by atoms with E-state index in [1.54, 1.807) is 0 Å². The fourth-order valence-corrected chi connectivity index (χ4v) is 10.7. The Hall–Kier alpha value is -1.93. The van der Waals surface area contributed by atoms with E-state index in [0.29, 0.717) is 32.1 Å². The molecule has 0 spiro atoms. The molecule has 4 aliphatic rings. The molecule has 0 amide bonds. The molecule has 41 heavy (non-hydrogen) atoms. The predicted octanol–water partition coefficient (Wildman–Crippen LogP) is 4.85. The summed E-state index contributed by atoms with van der Waals surface area (Å²) in [6.45, 7) is 14.2. The van der Waals surface area contributed by atoms with Gasteiger partial charge in [0.1, 0.15) is 5.41 Å². The van der Waals surface area contributed by atoms with Crippen molar-refractivity contribution >= 4 is 17.9 Å². The molecule has 0 heterocycles. The number of ether oxygens (including phenoxy) is 3. The summed E-state index contributed by atoms with van der Waals surface area (Å²) in [7, 11) is 4.15. The number of esters is 3. The summed E-state index contributed by atoms with van der Waals surface area (Å²) < 4.78 is 15.8. The smallest absolute Gasteiger partial charge is 0.315 e. The van der Waals surface area contributed by atoms with E-state index >= 15 is 0 Å². The minimum atomic E-state index is -1.23. The molecule has 10 atom stereocenters. The maximum absolute atomic E-state index is 13.6. The fraction of sp³-hybridized carbons (Fsp3) is 0.848. The van der Waals surface area contributed by atoms with E-state index in [0.717, 1.165) is 12.0 Å². The van der Waals surface area contributed by atoms with Crippen LogP contribution in [0.15, 0.2) is 11.6 Å². The van der Waals surface area contributed by atoms with E-state index in [2.05, 4.69) is 26.8 Å². The SMILES string of the molecule is COC(=O)C[C@]1(C)[C@H]2CC=C3[C@@H]4[C@](C)(O)[C@H](C)CC[C@]4(C(=O)OC)[C@H](O)C[C@@]3(C)[C@]2(C)CC[C@H]1C(C)(C)C(=O)OC. The fourth-order valence-electron chi connectivity index (χ4n) is 10.7. The molecular weight excluding hydrogens is 524 g/mol. The molecule has 3 saturated carbocycles. The van der Waals surface area contributed by atoms with Crippen molar-refractivity contribution in [3.63, 3.8) is 0 Å². The molecule has 8 nitrogen and oxygen atoms in total. The van der Waals surface area contributed by atoms with Gasteiger partial charge in [0.25, 0.3) is 0 Å². The number of methoxy groups -OCH3 is 3. The Morgan fingerprint density at radius 2 is 1.63 bits per heavy atom. The van der Waals surface area contributed by atoms with E-state index in [1.807, 2.05) is 27.7 Å². The molecule has 2 N–H and O–H groups in total. The number of hydrogen-bond donors (Lipinski definition) is 2. The van der Waals surface area contributed by atoms with Crippen molar-refractivity contribution in [3.8, 4) is 0 Å². The van der Waals surface area contributed by atoms with Gasteiger partial charge in [0.05, 0.1) is 44.9 Å². The number of allylic oxidation sites excluding steroid dienone is 1. The number of fused-ring (bicyclic) bond motifs is 5. The van der Waals surface area contributed by atoms with Gasteiger partial charge in [-0.1, -0.05) is 39.3 Å². The summed E-state index contributed by atoms with van der Waals surface area (Å²) in [5, 5.41) is 24.1. The summed E-state index contributed by atoms with van der Waals surface area (Å²) in [5.74, 6) is -1.95. The number of hydrogen-bond acceptors (Lipinski definition) is 8. The molecule has 0 saturated heterocycles. The molecular formula is C33H52O8. The van der Waals surface area contributed by atoms with Gasteiger partial charge in [-0.3, -0.25) is 14.4 Å². The van der Waals surface area contributed by atoms with Crippen LogP contribution in [0.3, 0.4) is 0 Å². The van der Waals surface area contributed by atoms with Gasteiger partial charge in [0.2, 0.25) is 0 Å². The third kappa shape index (κ3) is 4.09. The van der Waals surface area contributed by atoms with E-state index in [9.17, 15) is 24.6 Å². The van der Waals surface area contributed by atoms with Crippen LogP contribution in [0.5, 0.6) is 0 Å². The third-order valence-electron chi connectivity index (χ3n) is 13.3. The Morgan fingerprint density at radius 3 is 2.20 bits per heavy atom. The lowest BCUT2D eigenvalue weighted by molar-refractivity contribution is -0.231. The highest BCUT2D eigenvalue weighted by molar-refractivity contribution is 5.80. The first kappa shape index (κ1) is 32.0. The normalized spacial score (nSPS) is 45.8. The van der Waals surface area contributed by atoms with Crippen molar-refractivity contribution in [3.05, 3.63) is 11.6 Å². The monoisotopic (exact) mass is 576 g/mol. The summed E-state index contributed by atoms with van der Waals surface area (Å²) in [6.07, 6.45) is 4.81. The van der Waals surface area contributed by atoms with Crippen molar-refractivity contribution in [2.45, 2.75) is 105 Å². The van der Waals surface area contributed by atoms with Gasteiger partial charge in [-0.05, 0) is 93.3 Å². The highest BCUT2D eigenvalue weighted by atomic mass is 16.5. The van der Waals surface area contributed by atoms with Crippen LogP contribution in [0.2, 0.25) is 0 Å². The molecule has 4 aliphatic carbocycles. The van der Waals surface area contributed by atoms with Crippen LogP contribution in [0.1, 0.15) is 93.4 Å². The van der Waals surface area contributed by atoms with Crippen molar-refractivity contribution in [2.75, 3.05) is 21.3 Å². The number of carbonyl (C=O) groups excluding carboxylic acids is 3. The van der Waals surface area contributed by atoms with Crippen molar-refractivity contribution in [1.82, 2.24) is 0 Å². The molecule has 0 radical (unpaired) electrons. The van der Waals surface area contributed by atoms with Crippen molar-refractivity contribution in [2.24, 2.45) is 50.7 Å². The van der Waals surface area contributed by atoms with E-state index in [1.165, 1.54) is 21.3 Å². The van der Waals surface area contributed by atoms with Crippen LogP contribution in [0.4, 0.5) is 0 Å². The topological polar surface area (TPSA) is 119 Å². The lowest BCUT2D eigenvalue weighted by Gasteiger charge is -2.71. The number of rotatable bonds is 5. The lowest BCUT2D eigenvalue weighted by Crippen LogP contribution is -2.70. The predicted molar refractivity (Wildman–Crippen MR) is 153 cm³/mol. The van der Waals surface area contributed by atoms with Crippen LogP contribution in [0, 0.1) is 50.7 Å². The van der Waals surface area contributed by atoms with Crippen molar-refractivity contribution < 1.29 is 38.8 Å². The summed E-state index contributed by atoms with van der Waals surface area (Å²) in [4.78, 5) is 39.6. The van der Waals surface area contributed by atoms with Crippen LogP contribution < -0.4 is 0 Å². The highest BCUT2D eigenvalue weighted by Crippen LogP contribution is 2.75. The first-order valence-electron chi connectivity index (χ1n) is 15.2. The van der Waals surface area contributed by atoms with E-state index in [4.69, 9.17) is 14.2 Å². The highest BCUT2D eigenvalue weighted by Gasteiger charge is 2.73. The lowest BCUT2D eigenvalue weighted by atomic mass is 9.33. The first-order chi connectivity index (χ1) is 18.9. The molecule has 3 fully saturated rings. The molecule has 0 aromatic rings. The standard InChI is InChI=1S/C33H52O8/c1-19-13-16-33(27(37)41-10)23(34)17-31(6)20(25(33)32(19,7)38)11-12-22-29(4,18-24(35)39-8)21(14-15-30(22,31)5)28(2,3)26(36)40-9/h11,19,21-23,25,34,38H,12-18H2,1-10H3/t19-,21+,22-,23-,25-,29+,30-,31-,32-,33+/m1/s1. The summed E-state index contributed by atoms with van der Waals surface area (Å²) in [6, 6.07) is 0. The second-order valence-corrected chi connectivity index (χ2v) is 15.1. The molecule has 8 heteroatoms. The minimum Gasteiger partial charge on any atom is -0.469 e. The van der Waals surface area contributed by atoms with Crippen LogP contribution >= 0.6 is 0 Å². The molecule has 0 bridgehead atoms. The Kier molecular flexibility index (Phi) is 7.86. The summed E-state index contributed by atoms with van der Waals surface area (Å²) >= 11 is 0. The van der Waals surface area contributed by atoms with Gasteiger partial charge in [-0.25, -0.2) is 0 Å². The average molecular weight is 577 g/mol. The number of aliphatic hydroxyl groups is 2. The number of carbonyl (C=O) groups is 3. The average Bonchev–Trinajstić information content (AvgIpc) is 2.90. The molecule has 0 unspecified atom stereocenters. The first-order valence-corrected chi connectivity index (χ1v) is 15.2. The molecule has 0 aromatic heterocycles. The maximum atomic E-state index is 13.6. The third-order valence-corrected chi connectivity index (χ3v) is 13.3. The Balaban J connectivity index is 1.94. The second-order valence-electron chi connectivity index (χ2n) is 15.1. The zero-order valence-electron chi connectivity index (χ0n) is 26.8. The van der Waals surface area contributed by atoms with Crippen LogP contribution in [-0.4, -0.2) is 61.2 Å². The van der Waals surface area contributed by atoms with Gasteiger partial charge < -0.3 is 24.4 Å². The van der Waals surface area contributed by atoms with Gasteiger partial charge in [0.15, 0.2) is 0 Å². The second kappa shape index (κ2) is 10.1. The minimum absolute atomic E-state index is 0.0330. The van der Waals surface area contributed by atoms with E-state index < -0.39 is 50.7 Å². The van der Waals surface area contributed by atoms with Gasteiger partial charge >= 0.3 is 17.9 Å². The van der Waals surface area contributed by atoms with Crippen molar-refractivity contribution in [1.29, 1.82) is 0 Å². The van der Waals surface area contributed by atoms with Crippen LogP contribution in [-0.2, 0) is 28.6 Å². The Morgan fingerprint density at radius 1 is 1.00 bits per heavy atom. The zero-order chi connectivity index (χ0) is 31.0. The zero-order valence-corrected chi connectivity index (χ0v) is 26.8. The molecule has 0 aliphatic heterocycles. The van der Waals surface area contributed by atoms with Gasteiger partial charge in [-0.15, -0.1) is 0 Å². The van der Waals surface area contributed by atoms with Gasteiger partial charge in [-0.2, -0.15) is 0 Å². The maximum Gasteiger partial charge on any atom is 0.315 e. The van der Waals surface area contributed by atoms with Crippen LogP contribution in [0.25, 0.3) is 0 Å². The Labute approximate surface area is 245 Å². The van der Waals surface area contributed by atoms with E-state index in [-0.39, 0.29) is 36.1 Å². The molecule has 0 aromatic carbocycles.